The molecule has 8 heteroatoms. The average molecular weight is 384 g/mol. The molecule has 1 atom stereocenters. The topological polar surface area (TPSA) is 86.7 Å². The van der Waals surface area contributed by atoms with Gasteiger partial charge < -0.3 is 13.9 Å². The Balaban J connectivity index is 1.61. The number of methoxy groups -OCH3 is 2. The molecule has 0 unspecified atom stereocenters. The standard InChI is InChI=1S/C20H24N4O4/c1-12-19(23-28-22-12)17-6-5-9-24(17)11-16-13(2)27-20(21-16)15-10-14(25-3)7-8-18(15)26-4/h7-8,10,17H,5-6,9,11H2,1-4H3/t17-/m0/s1. The van der Waals surface area contributed by atoms with E-state index in [0.29, 0.717) is 18.2 Å². The monoisotopic (exact) mass is 384 g/mol. The maximum Gasteiger partial charge on any atom is 0.230 e. The van der Waals surface area contributed by atoms with Crippen molar-refractivity contribution in [3.63, 3.8) is 0 Å². The molecule has 0 saturated carbocycles. The van der Waals surface area contributed by atoms with Gasteiger partial charge >= 0.3 is 0 Å². The third kappa shape index (κ3) is 3.35. The van der Waals surface area contributed by atoms with Crippen molar-refractivity contribution in [1.29, 1.82) is 0 Å². The quantitative estimate of drug-likeness (QED) is 0.636. The summed E-state index contributed by atoms with van der Waals surface area (Å²) in [5.41, 5.74) is 3.43. The maximum absolute atomic E-state index is 5.98. The molecule has 2 aromatic heterocycles. The van der Waals surface area contributed by atoms with Crippen LogP contribution in [0.25, 0.3) is 11.5 Å². The first-order valence-corrected chi connectivity index (χ1v) is 9.32. The largest absolute Gasteiger partial charge is 0.497 e. The molecule has 0 radical (unpaired) electrons. The highest BCUT2D eigenvalue weighted by atomic mass is 16.6. The Labute approximate surface area is 163 Å². The number of nitrogens with zero attached hydrogens (tertiary/aromatic N) is 4. The molecule has 3 aromatic rings. The van der Waals surface area contributed by atoms with E-state index in [1.165, 1.54) is 0 Å². The average Bonchev–Trinajstić information content (AvgIpc) is 3.42. The van der Waals surface area contributed by atoms with Gasteiger partial charge in [0.25, 0.3) is 0 Å². The molecule has 0 spiro atoms. The molecule has 1 aromatic carbocycles. The first-order chi connectivity index (χ1) is 13.6. The van der Waals surface area contributed by atoms with Gasteiger partial charge in [-0.15, -0.1) is 0 Å². The van der Waals surface area contributed by atoms with Gasteiger partial charge in [0.15, 0.2) is 0 Å². The molecule has 1 aliphatic heterocycles. The third-order valence-corrected chi connectivity index (χ3v) is 5.25. The molecule has 0 amide bonds. The number of hydrogen-bond donors (Lipinski definition) is 0. The van der Waals surface area contributed by atoms with Gasteiger partial charge in [0, 0.05) is 6.54 Å². The van der Waals surface area contributed by atoms with E-state index in [4.69, 9.17) is 23.5 Å². The Morgan fingerprint density at radius 2 is 2.04 bits per heavy atom. The lowest BCUT2D eigenvalue weighted by atomic mass is 10.1. The molecule has 8 nitrogen and oxygen atoms in total. The van der Waals surface area contributed by atoms with E-state index in [2.05, 4.69) is 15.2 Å². The molecule has 28 heavy (non-hydrogen) atoms. The summed E-state index contributed by atoms with van der Waals surface area (Å²) in [7, 11) is 3.26. The molecule has 148 valence electrons. The zero-order chi connectivity index (χ0) is 19.7. The van der Waals surface area contributed by atoms with Crippen molar-refractivity contribution >= 4 is 0 Å². The van der Waals surface area contributed by atoms with Crippen LogP contribution >= 0.6 is 0 Å². The van der Waals surface area contributed by atoms with Crippen LogP contribution in [0.3, 0.4) is 0 Å². The molecule has 3 heterocycles. The highest BCUT2D eigenvalue weighted by Gasteiger charge is 2.31. The number of hydrogen-bond acceptors (Lipinski definition) is 8. The molecule has 1 aliphatic rings. The molecule has 4 rings (SSSR count). The van der Waals surface area contributed by atoms with E-state index in [1.54, 1.807) is 14.2 Å². The third-order valence-electron chi connectivity index (χ3n) is 5.25. The van der Waals surface area contributed by atoms with Crippen molar-refractivity contribution in [2.75, 3.05) is 20.8 Å². The van der Waals surface area contributed by atoms with Gasteiger partial charge in [0.1, 0.15) is 28.6 Å². The number of aryl methyl sites for hydroxylation is 2. The Kier molecular flexibility index (Phi) is 5.04. The van der Waals surface area contributed by atoms with Gasteiger partial charge in [0.2, 0.25) is 5.89 Å². The Hall–Kier alpha value is -2.87. The van der Waals surface area contributed by atoms with E-state index in [9.17, 15) is 0 Å². The first kappa shape index (κ1) is 18.5. The minimum atomic E-state index is 0.192. The lowest BCUT2D eigenvalue weighted by Gasteiger charge is -2.21. The Morgan fingerprint density at radius 1 is 1.18 bits per heavy atom. The van der Waals surface area contributed by atoms with Gasteiger partial charge in [-0.1, -0.05) is 10.3 Å². The van der Waals surface area contributed by atoms with Crippen LogP contribution in [-0.4, -0.2) is 41.0 Å². The number of rotatable bonds is 6. The maximum atomic E-state index is 5.98. The van der Waals surface area contributed by atoms with Crippen molar-refractivity contribution in [3.05, 3.63) is 41.0 Å². The lowest BCUT2D eigenvalue weighted by molar-refractivity contribution is 0.228. The molecule has 1 fully saturated rings. The smallest absolute Gasteiger partial charge is 0.230 e. The predicted molar refractivity (Wildman–Crippen MR) is 101 cm³/mol. The summed E-state index contributed by atoms with van der Waals surface area (Å²) in [4.78, 5) is 7.11. The summed E-state index contributed by atoms with van der Waals surface area (Å²) in [6.45, 7) is 5.52. The van der Waals surface area contributed by atoms with Crippen molar-refractivity contribution in [1.82, 2.24) is 20.2 Å². The molecular formula is C20H24N4O4. The fraction of sp³-hybridized carbons (Fsp3) is 0.450. The zero-order valence-electron chi connectivity index (χ0n) is 16.6. The number of aromatic nitrogens is 3. The second-order valence-corrected chi connectivity index (χ2v) is 6.95. The fourth-order valence-corrected chi connectivity index (χ4v) is 3.73. The molecule has 0 bridgehead atoms. The van der Waals surface area contributed by atoms with E-state index in [1.807, 2.05) is 32.0 Å². The summed E-state index contributed by atoms with van der Waals surface area (Å²) >= 11 is 0. The number of oxazole rings is 1. The van der Waals surface area contributed by atoms with Crippen LogP contribution in [0.1, 0.15) is 41.7 Å². The van der Waals surface area contributed by atoms with E-state index in [-0.39, 0.29) is 6.04 Å². The second-order valence-electron chi connectivity index (χ2n) is 6.95. The summed E-state index contributed by atoms with van der Waals surface area (Å²) in [5.74, 6) is 2.73. The second kappa shape index (κ2) is 7.63. The number of benzene rings is 1. The van der Waals surface area contributed by atoms with Crippen LogP contribution < -0.4 is 9.47 Å². The van der Waals surface area contributed by atoms with Crippen LogP contribution in [0.2, 0.25) is 0 Å². The van der Waals surface area contributed by atoms with Gasteiger partial charge in [-0.05, 0) is 51.4 Å². The summed E-state index contributed by atoms with van der Waals surface area (Å²) in [6.07, 6.45) is 2.13. The minimum absolute atomic E-state index is 0.192. The highest BCUT2D eigenvalue weighted by molar-refractivity contribution is 5.65. The zero-order valence-corrected chi connectivity index (χ0v) is 16.6. The molecule has 0 N–H and O–H groups in total. The minimum Gasteiger partial charge on any atom is -0.497 e. The SMILES string of the molecule is COc1ccc(OC)c(-c2nc(CN3CCC[C@H]3c3nonc3C)c(C)o2)c1. The summed E-state index contributed by atoms with van der Waals surface area (Å²) in [6, 6.07) is 5.76. The van der Waals surface area contributed by atoms with Gasteiger partial charge in [-0.25, -0.2) is 9.61 Å². The van der Waals surface area contributed by atoms with Crippen LogP contribution in [-0.2, 0) is 6.54 Å². The van der Waals surface area contributed by atoms with Crippen LogP contribution in [0.5, 0.6) is 11.5 Å². The van der Waals surface area contributed by atoms with E-state index >= 15 is 0 Å². The van der Waals surface area contributed by atoms with Gasteiger partial charge in [0.05, 0.1) is 31.5 Å². The Morgan fingerprint density at radius 3 is 2.75 bits per heavy atom. The highest BCUT2D eigenvalue weighted by Crippen LogP contribution is 2.36. The Bertz CT molecular complexity index is 965. The molecular weight excluding hydrogens is 360 g/mol. The van der Waals surface area contributed by atoms with Gasteiger partial charge in [-0.3, -0.25) is 4.90 Å². The van der Waals surface area contributed by atoms with Crippen molar-refractivity contribution in [2.45, 2.75) is 39.3 Å². The van der Waals surface area contributed by atoms with Crippen molar-refractivity contribution in [2.24, 2.45) is 0 Å². The predicted octanol–water partition coefficient (Wildman–Crippen LogP) is 3.70. The van der Waals surface area contributed by atoms with Crippen LogP contribution in [0.4, 0.5) is 0 Å². The number of ether oxygens (including phenoxy) is 2. The van der Waals surface area contributed by atoms with Crippen molar-refractivity contribution < 1.29 is 18.5 Å². The van der Waals surface area contributed by atoms with E-state index < -0.39 is 0 Å². The van der Waals surface area contributed by atoms with Crippen LogP contribution in [0, 0.1) is 13.8 Å². The summed E-state index contributed by atoms with van der Waals surface area (Å²) < 4.78 is 21.7. The van der Waals surface area contributed by atoms with Crippen LogP contribution in [0.15, 0.2) is 27.2 Å². The van der Waals surface area contributed by atoms with E-state index in [0.717, 1.165) is 53.5 Å². The molecule has 0 aliphatic carbocycles. The number of likely N-dealkylation sites (tertiary alicyclic amines) is 1. The summed E-state index contributed by atoms with van der Waals surface area (Å²) in [5, 5.41) is 8.03. The van der Waals surface area contributed by atoms with Gasteiger partial charge in [-0.2, -0.15) is 0 Å². The van der Waals surface area contributed by atoms with Crippen molar-refractivity contribution in [3.8, 4) is 23.0 Å². The normalized spacial score (nSPS) is 17.2. The fourth-order valence-electron chi connectivity index (χ4n) is 3.73. The lowest BCUT2D eigenvalue weighted by Crippen LogP contribution is -2.24. The molecule has 1 saturated heterocycles. The first-order valence-electron chi connectivity index (χ1n) is 9.32.